The molecule has 5 heteroatoms. The molecule has 0 aliphatic carbocycles. The molecule has 0 N–H and O–H groups in total. The molecule has 4 nitrogen and oxygen atoms in total. The molecule has 0 bridgehead atoms. The van der Waals surface area contributed by atoms with E-state index in [0.717, 1.165) is 36.3 Å². The maximum Gasteiger partial charge on any atom is 0.220 e. The van der Waals surface area contributed by atoms with Crippen LogP contribution in [0.4, 0.5) is 4.39 Å². The summed E-state index contributed by atoms with van der Waals surface area (Å²) in [5.74, 6) is 0.455. The zero-order chi connectivity index (χ0) is 15.7. The van der Waals surface area contributed by atoms with E-state index in [0.29, 0.717) is 5.82 Å². The SMILES string of the molecule is CC(=O)N1CCCC1c1nc(C)cc(-c2ccc(F)cc2)n1. The van der Waals surface area contributed by atoms with Gasteiger partial charge in [0, 0.05) is 24.7 Å². The van der Waals surface area contributed by atoms with Gasteiger partial charge in [-0.15, -0.1) is 0 Å². The number of halogens is 1. The summed E-state index contributed by atoms with van der Waals surface area (Å²) in [6, 6.07) is 8.07. The number of nitrogens with zero attached hydrogens (tertiary/aromatic N) is 3. The number of hydrogen-bond acceptors (Lipinski definition) is 3. The van der Waals surface area contributed by atoms with Gasteiger partial charge >= 0.3 is 0 Å². The molecule has 1 saturated heterocycles. The molecule has 114 valence electrons. The molecule has 2 aromatic rings. The van der Waals surface area contributed by atoms with Crippen LogP contribution in [-0.4, -0.2) is 27.3 Å². The maximum atomic E-state index is 13.1. The average Bonchev–Trinajstić information content (AvgIpc) is 2.97. The molecule has 1 unspecified atom stereocenters. The summed E-state index contributed by atoms with van der Waals surface area (Å²) in [6.07, 6.45) is 1.85. The Bertz CT molecular complexity index is 700. The highest BCUT2D eigenvalue weighted by Gasteiger charge is 2.30. The summed E-state index contributed by atoms with van der Waals surface area (Å²) in [6.45, 7) is 4.24. The third-order valence-electron chi connectivity index (χ3n) is 3.97. The number of aromatic nitrogens is 2. The van der Waals surface area contributed by atoms with Crippen LogP contribution in [-0.2, 0) is 4.79 Å². The van der Waals surface area contributed by atoms with Crippen molar-refractivity contribution in [1.82, 2.24) is 14.9 Å². The van der Waals surface area contributed by atoms with E-state index in [4.69, 9.17) is 0 Å². The highest BCUT2D eigenvalue weighted by Crippen LogP contribution is 2.31. The van der Waals surface area contributed by atoms with Crippen LogP contribution < -0.4 is 0 Å². The summed E-state index contributed by atoms with van der Waals surface area (Å²) in [5, 5.41) is 0. The standard InChI is InChI=1S/C17H18FN3O/c1-11-10-15(13-5-7-14(18)8-6-13)20-17(19-11)16-4-3-9-21(16)12(2)22/h5-8,10,16H,3-4,9H2,1-2H3. The van der Waals surface area contributed by atoms with Crippen molar-refractivity contribution in [2.45, 2.75) is 32.7 Å². The van der Waals surface area contributed by atoms with Gasteiger partial charge in [-0.2, -0.15) is 0 Å². The Morgan fingerprint density at radius 2 is 2.00 bits per heavy atom. The van der Waals surface area contributed by atoms with Crippen LogP contribution in [0.3, 0.4) is 0 Å². The smallest absolute Gasteiger partial charge is 0.220 e. The van der Waals surface area contributed by atoms with Gasteiger partial charge in [-0.25, -0.2) is 14.4 Å². The first kappa shape index (κ1) is 14.6. The van der Waals surface area contributed by atoms with Gasteiger partial charge in [-0.1, -0.05) is 0 Å². The Hall–Kier alpha value is -2.30. The van der Waals surface area contributed by atoms with Crippen LogP contribution in [0.1, 0.15) is 37.3 Å². The molecule has 2 heterocycles. The van der Waals surface area contributed by atoms with Crippen LogP contribution >= 0.6 is 0 Å². The van der Waals surface area contributed by atoms with Crippen LogP contribution in [0.25, 0.3) is 11.3 Å². The molecular weight excluding hydrogens is 281 g/mol. The number of likely N-dealkylation sites (tertiary alicyclic amines) is 1. The van der Waals surface area contributed by atoms with Gasteiger partial charge in [0.15, 0.2) is 5.82 Å². The van der Waals surface area contributed by atoms with Gasteiger partial charge in [0.25, 0.3) is 0 Å². The van der Waals surface area contributed by atoms with E-state index in [2.05, 4.69) is 9.97 Å². The number of amides is 1. The van der Waals surface area contributed by atoms with E-state index < -0.39 is 0 Å². The molecular formula is C17H18FN3O. The summed E-state index contributed by atoms with van der Waals surface area (Å²) in [7, 11) is 0. The van der Waals surface area contributed by atoms with Crippen molar-refractivity contribution in [3.05, 3.63) is 47.7 Å². The number of carbonyl (C=O) groups is 1. The molecule has 1 atom stereocenters. The lowest BCUT2D eigenvalue weighted by atomic mass is 10.1. The molecule has 1 aromatic heterocycles. The van der Waals surface area contributed by atoms with Gasteiger partial charge in [-0.05, 0) is 50.1 Å². The van der Waals surface area contributed by atoms with Crippen LogP contribution in [0, 0.1) is 12.7 Å². The third kappa shape index (κ3) is 2.84. The predicted octanol–water partition coefficient (Wildman–Crippen LogP) is 3.27. The van der Waals surface area contributed by atoms with E-state index in [1.54, 1.807) is 19.1 Å². The Kier molecular flexibility index (Phi) is 3.88. The summed E-state index contributed by atoms with van der Waals surface area (Å²) in [5.41, 5.74) is 2.46. The van der Waals surface area contributed by atoms with E-state index in [1.165, 1.54) is 12.1 Å². The number of carbonyl (C=O) groups excluding carboxylic acids is 1. The fourth-order valence-electron chi connectivity index (χ4n) is 2.92. The zero-order valence-corrected chi connectivity index (χ0v) is 12.7. The zero-order valence-electron chi connectivity index (χ0n) is 12.7. The summed E-state index contributed by atoms with van der Waals surface area (Å²) < 4.78 is 13.1. The van der Waals surface area contributed by atoms with Gasteiger partial charge in [0.1, 0.15) is 5.82 Å². The van der Waals surface area contributed by atoms with Crippen molar-refractivity contribution in [2.24, 2.45) is 0 Å². The highest BCUT2D eigenvalue weighted by molar-refractivity contribution is 5.74. The van der Waals surface area contributed by atoms with Gasteiger partial charge < -0.3 is 4.90 Å². The molecule has 1 fully saturated rings. The van der Waals surface area contributed by atoms with Gasteiger partial charge in [0.05, 0.1) is 11.7 Å². The van der Waals surface area contributed by atoms with Crippen LogP contribution in [0.5, 0.6) is 0 Å². The number of rotatable bonds is 2. The number of benzene rings is 1. The van der Waals surface area contributed by atoms with Crippen molar-refractivity contribution >= 4 is 5.91 Å². The normalized spacial score (nSPS) is 17.8. The lowest BCUT2D eigenvalue weighted by Crippen LogP contribution is -2.29. The van der Waals surface area contributed by atoms with Gasteiger partial charge in [0.2, 0.25) is 5.91 Å². The Balaban J connectivity index is 1.99. The Morgan fingerprint density at radius 1 is 1.27 bits per heavy atom. The van der Waals surface area contributed by atoms with Gasteiger partial charge in [-0.3, -0.25) is 4.79 Å². The fourth-order valence-corrected chi connectivity index (χ4v) is 2.92. The summed E-state index contributed by atoms with van der Waals surface area (Å²) >= 11 is 0. The first-order valence-corrected chi connectivity index (χ1v) is 7.43. The second-order valence-corrected chi connectivity index (χ2v) is 5.63. The van der Waals surface area contributed by atoms with Crippen molar-refractivity contribution in [3.8, 4) is 11.3 Å². The van der Waals surface area contributed by atoms with Crippen LogP contribution in [0.2, 0.25) is 0 Å². The van der Waals surface area contributed by atoms with Crippen molar-refractivity contribution in [1.29, 1.82) is 0 Å². The number of hydrogen-bond donors (Lipinski definition) is 0. The Labute approximate surface area is 129 Å². The molecule has 0 radical (unpaired) electrons. The molecule has 1 amide bonds. The largest absolute Gasteiger partial charge is 0.333 e. The maximum absolute atomic E-state index is 13.1. The monoisotopic (exact) mass is 299 g/mol. The molecule has 1 aliphatic rings. The number of aryl methyl sites for hydroxylation is 1. The van der Waals surface area contributed by atoms with E-state index in [9.17, 15) is 9.18 Å². The Morgan fingerprint density at radius 3 is 2.68 bits per heavy atom. The minimum Gasteiger partial charge on any atom is -0.333 e. The molecule has 1 aromatic carbocycles. The molecule has 1 aliphatic heterocycles. The minimum atomic E-state index is -0.270. The molecule has 22 heavy (non-hydrogen) atoms. The van der Waals surface area contributed by atoms with Crippen molar-refractivity contribution < 1.29 is 9.18 Å². The van der Waals surface area contributed by atoms with E-state index >= 15 is 0 Å². The second-order valence-electron chi connectivity index (χ2n) is 5.63. The minimum absolute atomic E-state index is 0.0518. The van der Waals surface area contributed by atoms with E-state index in [-0.39, 0.29) is 17.8 Å². The quantitative estimate of drug-likeness (QED) is 0.855. The van der Waals surface area contributed by atoms with E-state index in [1.807, 2.05) is 17.9 Å². The average molecular weight is 299 g/mol. The van der Waals surface area contributed by atoms with Crippen molar-refractivity contribution in [3.63, 3.8) is 0 Å². The fraction of sp³-hybridized carbons (Fsp3) is 0.353. The first-order chi connectivity index (χ1) is 10.5. The predicted molar refractivity (Wildman–Crippen MR) is 81.5 cm³/mol. The third-order valence-corrected chi connectivity index (χ3v) is 3.97. The van der Waals surface area contributed by atoms with Crippen molar-refractivity contribution in [2.75, 3.05) is 6.54 Å². The first-order valence-electron chi connectivity index (χ1n) is 7.43. The highest BCUT2D eigenvalue weighted by atomic mass is 19.1. The summed E-state index contributed by atoms with van der Waals surface area (Å²) in [4.78, 5) is 22.7. The molecule has 0 saturated carbocycles. The molecule has 0 spiro atoms. The lowest BCUT2D eigenvalue weighted by molar-refractivity contribution is -0.129. The molecule has 3 rings (SSSR count). The second kappa shape index (κ2) is 5.83. The lowest BCUT2D eigenvalue weighted by Gasteiger charge is -2.22. The van der Waals surface area contributed by atoms with Crippen LogP contribution in [0.15, 0.2) is 30.3 Å². The topological polar surface area (TPSA) is 46.1 Å².